The molecule has 1 aliphatic rings. The fourth-order valence-corrected chi connectivity index (χ4v) is 2.23. The largest absolute Gasteiger partial charge is 0.477 e. The lowest BCUT2D eigenvalue weighted by molar-refractivity contribution is -0.161. The molecule has 22 heavy (non-hydrogen) atoms. The van der Waals surface area contributed by atoms with Crippen molar-refractivity contribution < 1.29 is 23.8 Å². The minimum atomic E-state index is -0.833. The Kier molecular flexibility index (Phi) is 5.51. The highest BCUT2D eigenvalue weighted by Gasteiger charge is 2.30. The van der Waals surface area contributed by atoms with Gasteiger partial charge in [0, 0.05) is 18.9 Å². The van der Waals surface area contributed by atoms with E-state index in [0.29, 0.717) is 13.1 Å². The first-order valence-electron chi connectivity index (χ1n) is 7.13. The average molecular weight is 309 g/mol. The van der Waals surface area contributed by atoms with E-state index in [2.05, 4.69) is 9.97 Å². The molecule has 1 aromatic rings. The minimum Gasteiger partial charge on any atom is -0.477 e. The second-order valence-electron chi connectivity index (χ2n) is 4.72. The van der Waals surface area contributed by atoms with Crippen molar-refractivity contribution in [2.75, 3.05) is 26.8 Å². The van der Waals surface area contributed by atoms with E-state index in [9.17, 15) is 9.59 Å². The smallest absolute Gasteiger partial charge is 0.397 e. The van der Waals surface area contributed by atoms with Crippen molar-refractivity contribution in [3.8, 4) is 11.8 Å². The lowest BCUT2D eigenvalue weighted by Gasteiger charge is -2.31. The van der Waals surface area contributed by atoms with Crippen molar-refractivity contribution in [1.29, 1.82) is 0 Å². The number of likely N-dealkylation sites (tertiary alicyclic amines) is 1. The average Bonchev–Trinajstić information content (AvgIpc) is 2.55. The number of ether oxygens (including phenoxy) is 3. The SMILES string of the molecule is CCOC(=O)C(=O)N1CCCC(Oc2nccnc2OC)C1. The van der Waals surface area contributed by atoms with Gasteiger partial charge in [0.05, 0.1) is 20.3 Å². The first-order chi connectivity index (χ1) is 10.7. The van der Waals surface area contributed by atoms with Gasteiger partial charge in [0.1, 0.15) is 6.10 Å². The molecular weight excluding hydrogens is 290 g/mol. The van der Waals surface area contributed by atoms with Gasteiger partial charge in [-0.15, -0.1) is 0 Å². The number of methoxy groups -OCH3 is 1. The molecule has 0 spiro atoms. The number of nitrogens with zero attached hydrogens (tertiary/aromatic N) is 3. The maximum absolute atomic E-state index is 12.0. The Balaban J connectivity index is 1.98. The molecule has 2 heterocycles. The lowest BCUT2D eigenvalue weighted by atomic mass is 10.1. The maximum Gasteiger partial charge on any atom is 0.397 e. The summed E-state index contributed by atoms with van der Waals surface area (Å²) in [4.78, 5) is 33.0. The Labute approximate surface area is 128 Å². The normalized spacial score (nSPS) is 17.7. The third kappa shape index (κ3) is 3.84. The van der Waals surface area contributed by atoms with Crippen LogP contribution in [-0.4, -0.2) is 59.7 Å². The molecule has 1 aromatic heterocycles. The Morgan fingerprint density at radius 2 is 2.05 bits per heavy atom. The Morgan fingerprint density at radius 1 is 1.32 bits per heavy atom. The second-order valence-corrected chi connectivity index (χ2v) is 4.72. The van der Waals surface area contributed by atoms with Crippen LogP contribution in [0, 0.1) is 0 Å². The summed E-state index contributed by atoms with van der Waals surface area (Å²) in [6.45, 7) is 2.65. The van der Waals surface area contributed by atoms with E-state index in [-0.39, 0.29) is 24.5 Å². The number of esters is 1. The third-order valence-corrected chi connectivity index (χ3v) is 3.22. The van der Waals surface area contributed by atoms with E-state index in [4.69, 9.17) is 14.2 Å². The monoisotopic (exact) mass is 309 g/mol. The molecule has 0 aromatic carbocycles. The van der Waals surface area contributed by atoms with Crippen LogP contribution in [-0.2, 0) is 14.3 Å². The van der Waals surface area contributed by atoms with Gasteiger partial charge in [-0.1, -0.05) is 0 Å². The molecule has 1 fully saturated rings. The molecule has 0 radical (unpaired) electrons. The summed E-state index contributed by atoms with van der Waals surface area (Å²) in [6, 6.07) is 0. The summed E-state index contributed by atoms with van der Waals surface area (Å²) >= 11 is 0. The number of hydrogen-bond donors (Lipinski definition) is 0. The zero-order valence-corrected chi connectivity index (χ0v) is 12.7. The fraction of sp³-hybridized carbons (Fsp3) is 0.571. The molecule has 8 heteroatoms. The van der Waals surface area contributed by atoms with Crippen LogP contribution < -0.4 is 9.47 Å². The Hall–Kier alpha value is -2.38. The van der Waals surface area contributed by atoms with Gasteiger partial charge in [-0.25, -0.2) is 14.8 Å². The minimum absolute atomic E-state index is 0.176. The molecule has 120 valence electrons. The van der Waals surface area contributed by atoms with Crippen molar-refractivity contribution in [1.82, 2.24) is 14.9 Å². The molecule has 0 bridgehead atoms. The molecule has 1 unspecified atom stereocenters. The van der Waals surface area contributed by atoms with Gasteiger partial charge in [-0.2, -0.15) is 0 Å². The second kappa shape index (κ2) is 7.58. The number of rotatable bonds is 4. The van der Waals surface area contributed by atoms with E-state index >= 15 is 0 Å². The molecule has 0 N–H and O–H groups in total. The van der Waals surface area contributed by atoms with Crippen LogP contribution >= 0.6 is 0 Å². The van der Waals surface area contributed by atoms with E-state index in [1.54, 1.807) is 6.92 Å². The van der Waals surface area contributed by atoms with Crippen LogP contribution in [0.25, 0.3) is 0 Å². The summed E-state index contributed by atoms with van der Waals surface area (Å²) < 4.78 is 15.6. The van der Waals surface area contributed by atoms with Crippen LogP contribution in [0.1, 0.15) is 19.8 Å². The number of carbonyl (C=O) groups excluding carboxylic acids is 2. The molecule has 1 amide bonds. The quantitative estimate of drug-likeness (QED) is 0.588. The topological polar surface area (TPSA) is 90.9 Å². The first kappa shape index (κ1) is 16.0. The number of amides is 1. The Morgan fingerprint density at radius 3 is 2.73 bits per heavy atom. The predicted octanol–water partition coefficient (Wildman–Crippen LogP) is 0.418. The van der Waals surface area contributed by atoms with Crippen LogP contribution in [0.15, 0.2) is 12.4 Å². The van der Waals surface area contributed by atoms with E-state index in [1.807, 2.05) is 0 Å². The van der Waals surface area contributed by atoms with Crippen LogP contribution in [0.5, 0.6) is 11.8 Å². The number of piperidine rings is 1. The maximum atomic E-state index is 12.0. The molecule has 8 nitrogen and oxygen atoms in total. The zero-order valence-electron chi connectivity index (χ0n) is 12.7. The van der Waals surface area contributed by atoms with E-state index in [1.165, 1.54) is 24.4 Å². The number of hydrogen-bond acceptors (Lipinski definition) is 7. The number of carbonyl (C=O) groups is 2. The van der Waals surface area contributed by atoms with Crippen molar-refractivity contribution >= 4 is 11.9 Å². The lowest BCUT2D eigenvalue weighted by Crippen LogP contribution is -2.47. The number of aromatic nitrogens is 2. The Bertz CT molecular complexity index is 537. The highest BCUT2D eigenvalue weighted by atomic mass is 16.5. The van der Waals surface area contributed by atoms with Gasteiger partial charge >= 0.3 is 11.9 Å². The molecule has 0 saturated carbocycles. The fourth-order valence-electron chi connectivity index (χ4n) is 2.23. The van der Waals surface area contributed by atoms with E-state index < -0.39 is 11.9 Å². The van der Waals surface area contributed by atoms with Crippen molar-refractivity contribution in [3.63, 3.8) is 0 Å². The van der Waals surface area contributed by atoms with Gasteiger partial charge in [0.15, 0.2) is 0 Å². The summed E-state index contributed by atoms with van der Waals surface area (Å²) in [5.41, 5.74) is 0. The highest BCUT2D eigenvalue weighted by molar-refractivity contribution is 6.32. The van der Waals surface area contributed by atoms with Gasteiger partial charge < -0.3 is 19.1 Å². The molecular formula is C14H19N3O5. The zero-order chi connectivity index (χ0) is 15.9. The summed E-state index contributed by atoms with van der Waals surface area (Å²) in [5.74, 6) is -0.904. The van der Waals surface area contributed by atoms with Gasteiger partial charge in [0.25, 0.3) is 11.8 Å². The molecule has 1 aliphatic heterocycles. The first-order valence-corrected chi connectivity index (χ1v) is 7.13. The van der Waals surface area contributed by atoms with Crippen molar-refractivity contribution in [2.45, 2.75) is 25.9 Å². The van der Waals surface area contributed by atoms with Crippen molar-refractivity contribution in [2.24, 2.45) is 0 Å². The van der Waals surface area contributed by atoms with Gasteiger partial charge in [0.2, 0.25) is 0 Å². The molecule has 1 atom stereocenters. The molecule has 0 aliphatic carbocycles. The highest BCUT2D eigenvalue weighted by Crippen LogP contribution is 2.23. The summed E-state index contributed by atoms with van der Waals surface area (Å²) in [7, 11) is 1.48. The van der Waals surface area contributed by atoms with Gasteiger partial charge in [-0.05, 0) is 19.8 Å². The summed E-state index contributed by atoms with van der Waals surface area (Å²) in [6.07, 6.45) is 4.23. The third-order valence-electron chi connectivity index (χ3n) is 3.22. The van der Waals surface area contributed by atoms with Crippen LogP contribution in [0.4, 0.5) is 0 Å². The predicted molar refractivity (Wildman–Crippen MR) is 75.4 cm³/mol. The van der Waals surface area contributed by atoms with Gasteiger partial charge in [-0.3, -0.25) is 4.79 Å². The standard InChI is InChI=1S/C14H19N3O5/c1-3-21-14(19)13(18)17-8-4-5-10(9-17)22-12-11(20-2)15-6-7-16-12/h6-7,10H,3-5,8-9H2,1-2H3. The van der Waals surface area contributed by atoms with Crippen LogP contribution in [0.3, 0.4) is 0 Å². The molecule has 1 saturated heterocycles. The summed E-state index contributed by atoms with van der Waals surface area (Å²) in [5, 5.41) is 0. The molecule has 2 rings (SSSR count). The van der Waals surface area contributed by atoms with Crippen LogP contribution in [0.2, 0.25) is 0 Å². The van der Waals surface area contributed by atoms with Crippen molar-refractivity contribution in [3.05, 3.63) is 12.4 Å². The van der Waals surface area contributed by atoms with E-state index in [0.717, 1.165) is 12.8 Å².